The van der Waals surface area contributed by atoms with E-state index in [-0.39, 0.29) is 12.2 Å². The quantitative estimate of drug-likeness (QED) is 0.919. The lowest BCUT2D eigenvalue weighted by molar-refractivity contribution is -0.137. The highest BCUT2D eigenvalue weighted by Gasteiger charge is 2.38. The Hall–Kier alpha value is -1.36. The molecule has 1 fully saturated rings. The van der Waals surface area contributed by atoms with Crippen molar-refractivity contribution in [2.75, 3.05) is 6.54 Å². The van der Waals surface area contributed by atoms with Crippen molar-refractivity contribution in [2.24, 2.45) is 0 Å². The summed E-state index contributed by atoms with van der Waals surface area (Å²) in [5.74, 6) is 0.0669. The molecule has 5 heteroatoms. The number of ketones is 1. The lowest BCUT2D eigenvalue weighted by Crippen LogP contribution is -2.47. The van der Waals surface area contributed by atoms with Crippen molar-refractivity contribution in [3.8, 4) is 0 Å². The number of nitrogens with one attached hydrogen (secondary N) is 1. The molecule has 1 aliphatic rings. The SMILES string of the molecule is CCC1(C(=O)Cc2ccc(C(F)(F)F)cc2)CCCN1. The van der Waals surface area contributed by atoms with E-state index >= 15 is 0 Å². The molecule has 2 nitrogen and oxygen atoms in total. The molecule has 2 rings (SSSR count). The summed E-state index contributed by atoms with van der Waals surface area (Å²) < 4.78 is 37.4. The highest BCUT2D eigenvalue weighted by molar-refractivity contribution is 5.90. The van der Waals surface area contributed by atoms with E-state index in [1.54, 1.807) is 0 Å². The number of hydrogen-bond donors (Lipinski definition) is 1. The summed E-state index contributed by atoms with van der Waals surface area (Å²) in [6.07, 6.45) is -1.67. The molecule has 0 bridgehead atoms. The summed E-state index contributed by atoms with van der Waals surface area (Å²) in [5, 5.41) is 3.25. The Bertz CT molecular complexity index is 473. The number of Topliss-reactive ketones (excluding diaryl/α,β-unsaturated/α-hetero) is 1. The lowest BCUT2D eigenvalue weighted by atomic mass is 9.86. The third-order valence-electron chi connectivity index (χ3n) is 4.03. The first-order valence-electron chi connectivity index (χ1n) is 6.82. The molecule has 0 spiro atoms. The number of carbonyl (C=O) groups excluding carboxylic acids is 1. The predicted octanol–water partition coefficient (Wildman–Crippen LogP) is 3.35. The maximum absolute atomic E-state index is 12.5. The van der Waals surface area contributed by atoms with Gasteiger partial charge in [-0.3, -0.25) is 4.79 Å². The van der Waals surface area contributed by atoms with Gasteiger partial charge in [-0.05, 0) is 43.5 Å². The van der Waals surface area contributed by atoms with Gasteiger partial charge in [0.25, 0.3) is 0 Å². The van der Waals surface area contributed by atoms with Crippen LogP contribution in [0.4, 0.5) is 13.2 Å². The van der Waals surface area contributed by atoms with Crippen LogP contribution in [-0.2, 0) is 17.4 Å². The first-order valence-corrected chi connectivity index (χ1v) is 6.82. The van der Waals surface area contributed by atoms with Crippen molar-refractivity contribution in [3.63, 3.8) is 0 Å². The highest BCUT2D eigenvalue weighted by Crippen LogP contribution is 2.30. The van der Waals surface area contributed by atoms with Crippen molar-refractivity contribution < 1.29 is 18.0 Å². The molecule has 0 aliphatic carbocycles. The van der Waals surface area contributed by atoms with E-state index in [4.69, 9.17) is 0 Å². The van der Waals surface area contributed by atoms with E-state index in [1.807, 2.05) is 6.92 Å². The molecule has 1 aromatic rings. The minimum atomic E-state index is -4.33. The molecule has 0 amide bonds. The third kappa shape index (κ3) is 3.03. The fourth-order valence-corrected chi connectivity index (χ4v) is 2.71. The van der Waals surface area contributed by atoms with Crippen LogP contribution in [0.2, 0.25) is 0 Å². The summed E-state index contributed by atoms with van der Waals surface area (Å²) in [7, 11) is 0. The second-order valence-electron chi connectivity index (χ2n) is 5.26. The number of alkyl halides is 3. The maximum atomic E-state index is 12.5. The van der Waals surface area contributed by atoms with E-state index in [9.17, 15) is 18.0 Å². The molecule has 1 atom stereocenters. The normalized spacial score (nSPS) is 23.0. The molecule has 1 saturated heterocycles. The van der Waals surface area contributed by atoms with Crippen molar-refractivity contribution in [2.45, 2.75) is 44.3 Å². The Morgan fingerprint density at radius 3 is 2.40 bits per heavy atom. The second kappa shape index (κ2) is 5.56. The van der Waals surface area contributed by atoms with Gasteiger partial charge in [-0.1, -0.05) is 19.1 Å². The Balaban J connectivity index is 2.08. The molecule has 1 aromatic carbocycles. The summed E-state index contributed by atoms with van der Waals surface area (Å²) >= 11 is 0. The van der Waals surface area contributed by atoms with Gasteiger partial charge >= 0.3 is 6.18 Å². The van der Waals surface area contributed by atoms with Crippen LogP contribution in [0, 0.1) is 0 Å². The summed E-state index contributed by atoms with van der Waals surface area (Å²) in [5.41, 5.74) is -0.537. The molecule has 110 valence electrons. The van der Waals surface area contributed by atoms with Gasteiger partial charge in [-0.25, -0.2) is 0 Å². The molecule has 0 saturated carbocycles. The van der Waals surface area contributed by atoms with Crippen molar-refractivity contribution >= 4 is 5.78 Å². The van der Waals surface area contributed by atoms with E-state index in [1.165, 1.54) is 12.1 Å². The van der Waals surface area contributed by atoms with Crippen LogP contribution in [0.15, 0.2) is 24.3 Å². The van der Waals surface area contributed by atoms with Crippen molar-refractivity contribution in [3.05, 3.63) is 35.4 Å². The predicted molar refractivity (Wildman–Crippen MR) is 70.4 cm³/mol. The largest absolute Gasteiger partial charge is 0.416 e. The number of benzene rings is 1. The van der Waals surface area contributed by atoms with Crippen LogP contribution in [0.5, 0.6) is 0 Å². The van der Waals surface area contributed by atoms with Gasteiger partial charge in [0.2, 0.25) is 0 Å². The monoisotopic (exact) mass is 285 g/mol. The number of halogens is 3. The topological polar surface area (TPSA) is 29.1 Å². The zero-order valence-electron chi connectivity index (χ0n) is 11.4. The summed E-state index contributed by atoms with van der Waals surface area (Å²) in [6.45, 7) is 2.79. The van der Waals surface area contributed by atoms with Crippen LogP contribution in [0.3, 0.4) is 0 Å². The molecular formula is C15H18F3NO. The van der Waals surface area contributed by atoms with E-state index in [2.05, 4.69) is 5.32 Å². The zero-order chi connectivity index (χ0) is 14.8. The Morgan fingerprint density at radius 2 is 1.95 bits per heavy atom. The van der Waals surface area contributed by atoms with E-state index in [0.29, 0.717) is 12.0 Å². The molecule has 0 radical (unpaired) electrons. The molecular weight excluding hydrogens is 267 g/mol. The van der Waals surface area contributed by atoms with Gasteiger partial charge < -0.3 is 5.32 Å². The van der Waals surface area contributed by atoms with Crippen molar-refractivity contribution in [1.82, 2.24) is 5.32 Å². The van der Waals surface area contributed by atoms with Crippen molar-refractivity contribution in [1.29, 1.82) is 0 Å². The maximum Gasteiger partial charge on any atom is 0.416 e. The summed E-state index contributed by atoms with van der Waals surface area (Å²) in [6, 6.07) is 4.84. The molecule has 1 unspecified atom stereocenters. The van der Waals surface area contributed by atoms with E-state index < -0.39 is 17.3 Å². The molecule has 1 aliphatic heterocycles. The minimum Gasteiger partial charge on any atom is -0.305 e. The van der Waals surface area contributed by atoms with E-state index in [0.717, 1.165) is 31.5 Å². The smallest absolute Gasteiger partial charge is 0.305 e. The first-order chi connectivity index (χ1) is 9.37. The summed E-state index contributed by atoms with van der Waals surface area (Å²) in [4.78, 5) is 12.4. The van der Waals surface area contributed by atoms with Crippen LogP contribution < -0.4 is 5.32 Å². The minimum absolute atomic E-state index is 0.0669. The van der Waals surface area contributed by atoms with Gasteiger partial charge in [0, 0.05) is 6.42 Å². The van der Waals surface area contributed by atoms with Gasteiger partial charge in [-0.2, -0.15) is 13.2 Å². The molecule has 1 heterocycles. The Morgan fingerprint density at radius 1 is 1.30 bits per heavy atom. The zero-order valence-corrected chi connectivity index (χ0v) is 11.4. The van der Waals surface area contributed by atoms with Crippen LogP contribution in [-0.4, -0.2) is 17.9 Å². The highest BCUT2D eigenvalue weighted by atomic mass is 19.4. The second-order valence-corrected chi connectivity index (χ2v) is 5.26. The number of rotatable bonds is 4. The van der Waals surface area contributed by atoms with Gasteiger partial charge in [0.1, 0.15) is 0 Å². The van der Waals surface area contributed by atoms with Crippen LogP contribution in [0.1, 0.15) is 37.3 Å². The molecule has 20 heavy (non-hydrogen) atoms. The standard InChI is InChI=1S/C15H18F3NO/c1-2-14(8-3-9-19-14)13(20)10-11-4-6-12(7-5-11)15(16,17)18/h4-7,19H,2-3,8-10H2,1H3. The average molecular weight is 285 g/mol. The van der Waals surface area contributed by atoms with Gasteiger partial charge in [-0.15, -0.1) is 0 Å². The Kier molecular flexibility index (Phi) is 4.18. The third-order valence-corrected chi connectivity index (χ3v) is 4.03. The van der Waals surface area contributed by atoms with Gasteiger partial charge in [0.15, 0.2) is 5.78 Å². The Labute approximate surface area is 116 Å². The molecule has 0 aromatic heterocycles. The lowest BCUT2D eigenvalue weighted by Gasteiger charge is -2.26. The molecule has 1 N–H and O–H groups in total. The number of carbonyl (C=O) groups is 1. The van der Waals surface area contributed by atoms with Gasteiger partial charge in [0.05, 0.1) is 11.1 Å². The van der Waals surface area contributed by atoms with Crippen LogP contribution in [0.25, 0.3) is 0 Å². The fourth-order valence-electron chi connectivity index (χ4n) is 2.71. The number of hydrogen-bond acceptors (Lipinski definition) is 2. The average Bonchev–Trinajstić information content (AvgIpc) is 2.88. The fraction of sp³-hybridized carbons (Fsp3) is 0.533. The van der Waals surface area contributed by atoms with Crippen LogP contribution >= 0.6 is 0 Å². The first kappa shape index (κ1) is 15.0.